The van der Waals surface area contributed by atoms with Crippen molar-refractivity contribution in [1.82, 2.24) is 15.0 Å². The minimum atomic E-state index is -0.275. The molecule has 0 N–H and O–H groups in total. The first kappa shape index (κ1) is 13.1. The average molecular weight is 277 g/mol. The van der Waals surface area contributed by atoms with E-state index in [-0.39, 0.29) is 17.9 Å². The predicted octanol–water partition coefficient (Wildman–Crippen LogP) is 1.10. The number of piperidine rings is 1. The quantitative estimate of drug-likeness (QED) is 0.811. The molecule has 2 aliphatic rings. The van der Waals surface area contributed by atoms with Gasteiger partial charge in [-0.2, -0.15) is 0 Å². The third kappa shape index (κ3) is 2.42. The molecule has 0 aromatic carbocycles. The molecule has 2 amide bonds. The van der Waals surface area contributed by atoms with Crippen molar-refractivity contribution in [2.75, 3.05) is 13.1 Å². The van der Waals surface area contributed by atoms with Gasteiger partial charge in [-0.25, -0.2) is 0 Å². The van der Waals surface area contributed by atoms with Crippen LogP contribution in [0.1, 0.15) is 37.1 Å². The Bertz CT molecular complexity index is 525. The first-order valence-electron chi connectivity index (χ1n) is 7.15. The smallest absolute Gasteiger partial charge is 0.245 e. The summed E-state index contributed by atoms with van der Waals surface area (Å²) in [6, 6.07) is 1.56. The van der Waals surface area contributed by atoms with Gasteiger partial charge in [0.1, 0.15) is 6.04 Å². The Labute approximate surface area is 117 Å². The van der Waals surface area contributed by atoms with Crippen LogP contribution < -0.4 is 0 Å². The lowest BCUT2D eigenvalue weighted by molar-refractivity contribution is -0.143. The van der Waals surface area contributed by atoms with Crippen LogP contribution in [0, 0.1) is 6.92 Å². The van der Waals surface area contributed by atoms with Crippen LogP contribution in [0.4, 0.5) is 0 Å². The summed E-state index contributed by atoms with van der Waals surface area (Å²) in [4.78, 5) is 28.2. The highest BCUT2D eigenvalue weighted by atomic mass is 16.5. The third-order valence-corrected chi connectivity index (χ3v) is 4.04. The van der Waals surface area contributed by atoms with Crippen LogP contribution in [0.15, 0.2) is 10.6 Å². The van der Waals surface area contributed by atoms with Crippen molar-refractivity contribution >= 4 is 11.8 Å². The Morgan fingerprint density at radius 3 is 2.95 bits per heavy atom. The molecule has 1 atom stereocenters. The zero-order valence-corrected chi connectivity index (χ0v) is 11.7. The van der Waals surface area contributed by atoms with Gasteiger partial charge in [0.2, 0.25) is 11.8 Å². The fourth-order valence-electron chi connectivity index (χ4n) is 3.02. The van der Waals surface area contributed by atoms with Gasteiger partial charge in [-0.05, 0) is 26.2 Å². The number of rotatable bonds is 2. The zero-order chi connectivity index (χ0) is 14.1. The largest absolute Gasteiger partial charge is 0.359 e. The van der Waals surface area contributed by atoms with E-state index in [1.54, 1.807) is 9.80 Å². The maximum absolute atomic E-state index is 12.6. The van der Waals surface area contributed by atoms with Crippen molar-refractivity contribution in [3.8, 4) is 0 Å². The molecular weight excluding hydrogens is 258 g/mol. The van der Waals surface area contributed by atoms with Crippen LogP contribution in [-0.4, -0.2) is 45.9 Å². The molecule has 1 aromatic rings. The van der Waals surface area contributed by atoms with E-state index in [0.29, 0.717) is 31.8 Å². The number of hydrogen-bond donors (Lipinski definition) is 0. The first-order chi connectivity index (χ1) is 9.65. The Hall–Kier alpha value is -1.85. The first-order valence-corrected chi connectivity index (χ1v) is 7.15. The van der Waals surface area contributed by atoms with Gasteiger partial charge in [0.05, 0.1) is 12.2 Å². The maximum Gasteiger partial charge on any atom is 0.245 e. The highest BCUT2D eigenvalue weighted by Crippen LogP contribution is 2.23. The number of aryl methyl sites for hydroxylation is 1. The lowest BCUT2D eigenvalue weighted by atomic mass is 10.0. The number of fused-ring (bicyclic) bond motifs is 1. The molecule has 0 bridgehead atoms. The summed E-state index contributed by atoms with van der Waals surface area (Å²) in [7, 11) is 0. The molecule has 0 radical (unpaired) electrons. The summed E-state index contributed by atoms with van der Waals surface area (Å²) in [5.41, 5.74) is 0.803. The highest BCUT2D eigenvalue weighted by molar-refractivity contribution is 5.90. The molecule has 1 unspecified atom stereocenters. The van der Waals surface area contributed by atoms with Crippen molar-refractivity contribution in [2.45, 2.75) is 45.2 Å². The van der Waals surface area contributed by atoms with E-state index < -0.39 is 0 Å². The number of aromatic nitrogens is 1. The summed E-state index contributed by atoms with van der Waals surface area (Å²) in [5.74, 6) is 0.816. The van der Waals surface area contributed by atoms with E-state index in [4.69, 9.17) is 4.52 Å². The van der Waals surface area contributed by atoms with Gasteiger partial charge in [-0.15, -0.1) is 0 Å². The van der Waals surface area contributed by atoms with Crippen molar-refractivity contribution in [2.24, 2.45) is 0 Å². The molecule has 108 valence electrons. The Balaban J connectivity index is 1.78. The fraction of sp³-hybridized carbons (Fsp3) is 0.643. The van der Waals surface area contributed by atoms with Crippen molar-refractivity contribution in [1.29, 1.82) is 0 Å². The predicted molar refractivity (Wildman–Crippen MR) is 70.6 cm³/mol. The molecule has 6 heteroatoms. The van der Waals surface area contributed by atoms with Crippen LogP contribution >= 0.6 is 0 Å². The van der Waals surface area contributed by atoms with E-state index in [9.17, 15) is 9.59 Å². The summed E-state index contributed by atoms with van der Waals surface area (Å²) >= 11 is 0. The van der Waals surface area contributed by atoms with Crippen LogP contribution in [0.5, 0.6) is 0 Å². The van der Waals surface area contributed by atoms with Gasteiger partial charge in [0.25, 0.3) is 0 Å². The van der Waals surface area contributed by atoms with Gasteiger partial charge in [-0.3, -0.25) is 9.59 Å². The van der Waals surface area contributed by atoms with Gasteiger partial charge in [-0.1, -0.05) is 5.16 Å². The fourth-order valence-corrected chi connectivity index (χ4v) is 3.02. The minimum absolute atomic E-state index is 0.0459. The molecule has 20 heavy (non-hydrogen) atoms. The standard InChI is InChI=1S/C14H19N3O3/c1-10-8-11(20-15-10)9-16-7-5-13(18)17-6-3-2-4-12(17)14(16)19/h8,12H,2-7,9H2,1H3. The Morgan fingerprint density at radius 2 is 2.20 bits per heavy atom. The second-order valence-electron chi connectivity index (χ2n) is 5.54. The Morgan fingerprint density at radius 1 is 1.35 bits per heavy atom. The van der Waals surface area contributed by atoms with E-state index >= 15 is 0 Å². The van der Waals surface area contributed by atoms with E-state index in [1.165, 1.54) is 0 Å². The number of carbonyl (C=O) groups excluding carboxylic acids is 2. The molecule has 3 rings (SSSR count). The molecule has 1 aromatic heterocycles. The van der Waals surface area contributed by atoms with Gasteiger partial charge < -0.3 is 14.3 Å². The van der Waals surface area contributed by atoms with Crippen LogP contribution in [-0.2, 0) is 16.1 Å². The van der Waals surface area contributed by atoms with Crippen molar-refractivity contribution in [3.05, 3.63) is 17.5 Å². The molecule has 6 nitrogen and oxygen atoms in total. The lowest BCUT2D eigenvalue weighted by Gasteiger charge is -2.34. The summed E-state index contributed by atoms with van der Waals surface area (Å²) in [5, 5.41) is 3.84. The minimum Gasteiger partial charge on any atom is -0.359 e. The number of nitrogens with zero attached hydrogens (tertiary/aromatic N) is 3. The Kier molecular flexibility index (Phi) is 3.46. The average Bonchev–Trinajstić information content (AvgIpc) is 2.82. The summed E-state index contributed by atoms with van der Waals surface area (Å²) in [6.07, 6.45) is 3.18. The third-order valence-electron chi connectivity index (χ3n) is 4.04. The SMILES string of the molecule is Cc1cc(CN2CCC(=O)N3CCCCC3C2=O)on1. The lowest BCUT2D eigenvalue weighted by Crippen LogP contribution is -2.49. The second kappa shape index (κ2) is 5.26. The molecule has 0 spiro atoms. The van der Waals surface area contributed by atoms with Crippen LogP contribution in [0.3, 0.4) is 0 Å². The van der Waals surface area contributed by atoms with E-state index in [2.05, 4.69) is 5.16 Å². The van der Waals surface area contributed by atoms with Gasteiger partial charge >= 0.3 is 0 Å². The molecular formula is C14H19N3O3. The van der Waals surface area contributed by atoms with Gasteiger partial charge in [0.15, 0.2) is 5.76 Å². The molecule has 0 saturated carbocycles. The van der Waals surface area contributed by atoms with Gasteiger partial charge in [0, 0.05) is 25.6 Å². The zero-order valence-electron chi connectivity index (χ0n) is 11.7. The number of carbonyl (C=O) groups is 2. The molecule has 0 aliphatic carbocycles. The molecule has 2 saturated heterocycles. The number of amides is 2. The monoisotopic (exact) mass is 277 g/mol. The topological polar surface area (TPSA) is 66.7 Å². The molecule has 3 heterocycles. The second-order valence-corrected chi connectivity index (χ2v) is 5.54. The van der Waals surface area contributed by atoms with Crippen molar-refractivity contribution < 1.29 is 14.1 Å². The normalized spacial score (nSPS) is 23.8. The van der Waals surface area contributed by atoms with E-state index in [1.807, 2.05) is 13.0 Å². The summed E-state index contributed by atoms with van der Waals surface area (Å²) < 4.78 is 5.18. The molecule has 2 fully saturated rings. The number of hydrogen-bond acceptors (Lipinski definition) is 4. The van der Waals surface area contributed by atoms with Crippen LogP contribution in [0.25, 0.3) is 0 Å². The van der Waals surface area contributed by atoms with Crippen molar-refractivity contribution in [3.63, 3.8) is 0 Å². The summed E-state index contributed by atoms with van der Waals surface area (Å²) in [6.45, 7) is 3.43. The van der Waals surface area contributed by atoms with Crippen LogP contribution in [0.2, 0.25) is 0 Å². The van der Waals surface area contributed by atoms with E-state index in [0.717, 1.165) is 25.0 Å². The molecule has 2 aliphatic heterocycles. The maximum atomic E-state index is 12.6. The highest BCUT2D eigenvalue weighted by Gasteiger charge is 2.37.